The Kier molecular flexibility index (Phi) is 5.17. The summed E-state index contributed by atoms with van der Waals surface area (Å²) < 4.78 is 12.9. The van der Waals surface area contributed by atoms with Gasteiger partial charge in [-0.25, -0.2) is 9.18 Å². The Hall–Kier alpha value is -1.62. The first-order chi connectivity index (χ1) is 9.97. The summed E-state index contributed by atoms with van der Waals surface area (Å²) in [6, 6.07) is 5.35. The molecule has 0 aliphatic heterocycles. The lowest BCUT2D eigenvalue weighted by atomic mass is 9.83. The van der Waals surface area contributed by atoms with Crippen LogP contribution in [0.3, 0.4) is 0 Å². The molecule has 1 unspecified atom stereocenters. The van der Waals surface area contributed by atoms with Gasteiger partial charge in [0.2, 0.25) is 0 Å². The van der Waals surface area contributed by atoms with Gasteiger partial charge in [0, 0.05) is 6.54 Å². The third-order valence-electron chi connectivity index (χ3n) is 4.12. The summed E-state index contributed by atoms with van der Waals surface area (Å²) in [4.78, 5) is 11.7. The van der Waals surface area contributed by atoms with Crippen molar-refractivity contribution in [1.29, 1.82) is 0 Å². The molecule has 1 aromatic rings. The maximum absolute atomic E-state index is 12.9. The molecular formula is C16H23FN2O2. The molecule has 2 amide bonds. The van der Waals surface area contributed by atoms with E-state index in [2.05, 4.69) is 10.6 Å². The lowest BCUT2D eigenvalue weighted by Gasteiger charge is -2.26. The van der Waals surface area contributed by atoms with Crippen LogP contribution >= 0.6 is 0 Å². The van der Waals surface area contributed by atoms with Crippen LogP contribution in [0.2, 0.25) is 0 Å². The summed E-state index contributed by atoms with van der Waals surface area (Å²) >= 11 is 0. The SMILES string of the molecule is CC(O)(CNC(=O)NCCC1CCC1)c1ccc(F)cc1. The Morgan fingerprint density at radius 3 is 2.57 bits per heavy atom. The Morgan fingerprint density at radius 2 is 2.00 bits per heavy atom. The molecule has 3 N–H and O–H groups in total. The molecule has 1 saturated carbocycles. The molecule has 4 nitrogen and oxygen atoms in total. The second-order valence-electron chi connectivity index (χ2n) is 5.98. The van der Waals surface area contributed by atoms with Crippen LogP contribution in [-0.2, 0) is 5.60 Å². The molecule has 0 heterocycles. The number of nitrogens with one attached hydrogen (secondary N) is 2. The van der Waals surface area contributed by atoms with Crippen molar-refractivity contribution in [2.75, 3.05) is 13.1 Å². The first kappa shape index (κ1) is 15.8. The Labute approximate surface area is 124 Å². The van der Waals surface area contributed by atoms with E-state index in [4.69, 9.17) is 0 Å². The number of hydrogen-bond acceptors (Lipinski definition) is 2. The highest BCUT2D eigenvalue weighted by Gasteiger charge is 2.24. The molecular weight excluding hydrogens is 271 g/mol. The lowest BCUT2D eigenvalue weighted by Crippen LogP contribution is -2.44. The van der Waals surface area contributed by atoms with Crippen LogP contribution in [0.25, 0.3) is 0 Å². The van der Waals surface area contributed by atoms with Gasteiger partial charge in [0.25, 0.3) is 0 Å². The first-order valence-electron chi connectivity index (χ1n) is 7.47. The fourth-order valence-electron chi connectivity index (χ4n) is 2.40. The predicted octanol–water partition coefficient (Wildman–Crippen LogP) is 2.52. The zero-order valence-corrected chi connectivity index (χ0v) is 12.4. The van der Waals surface area contributed by atoms with Gasteiger partial charge in [-0.15, -0.1) is 0 Å². The minimum absolute atomic E-state index is 0.0773. The number of rotatable bonds is 6. The summed E-state index contributed by atoms with van der Waals surface area (Å²) in [6.07, 6.45) is 4.85. The van der Waals surface area contributed by atoms with Crippen molar-refractivity contribution in [3.05, 3.63) is 35.6 Å². The fourth-order valence-corrected chi connectivity index (χ4v) is 2.40. The molecule has 0 spiro atoms. The van der Waals surface area contributed by atoms with E-state index in [1.807, 2.05) is 0 Å². The molecule has 0 aromatic heterocycles. The smallest absolute Gasteiger partial charge is 0.314 e. The quantitative estimate of drug-likeness (QED) is 0.755. The molecule has 21 heavy (non-hydrogen) atoms. The van der Waals surface area contributed by atoms with Crippen molar-refractivity contribution >= 4 is 6.03 Å². The van der Waals surface area contributed by atoms with E-state index in [0.717, 1.165) is 12.3 Å². The molecule has 0 bridgehead atoms. The molecule has 2 rings (SSSR count). The van der Waals surface area contributed by atoms with Gasteiger partial charge in [-0.05, 0) is 37.0 Å². The average molecular weight is 294 g/mol. The number of aliphatic hydroxyl groups is 1. The second kappa shape index (κ2) is 6.89. The lowest BCUT2D eigenvalue weighted by molar-refractivity contribution is 0.0593. The maximum Gasteiger partial charge on any atom is 0.314 e. The van der Waals surface area contributed by atoms with E-state index in [9.17, 15) is 14.3 Å². The number of halogens is 1. The summed E-state index contributed by atoms with van der Waals surface area (Å²) in [5.74, 6) is 0.406. The van der Waals surface area contributed by atoms with Crippen LogP contribution in [-0.4, -0.2) is 24.2 Å². The van der Waals surface area contributed by atoms with Gasteiger partial charge in [-0.2, -0.15) is 0 Å². The van der Waals surface area contributed by atoms with Crippen LogP contribution in [0.1, 0.15) is 38.2 Å². The van der Waals surface area contributed by atoms with Crippen molar-refractivity contribution in [2.24, 2.45) is 5.92 Å². The highest BCUT2D eigenvalue weighted by Crippen LogP contribution is 2.28. The van der Waals surface area contributed by atoms with Crippen molar-refractivity contribution in [1.82, 2.24) is 10.6 Å². The normalized spacial score (nSPS) is 17.7. The highest BCUT2D eigenvalue weighted by molar-refractivity contribution is 5.73. The topological polar surface area (TPSA) is 61.4 Å². The van der Waals surface area contributed by atoms with E-state index >= 15 is 0 Å². The molecule has 1 aliphatic carbocycles. The zero-order valence-electron chi connectivity index (χ0n) is 12.4. The molecule has 1 aromatic carbocycles. The van der Waals surface area contributed by atoms with Gasteiger partial charge < -0.3 is 15.7 Å². The van der Waals surface area contributed by atoms with Crippen LogP contribution in [0, 0.1) is 11.7 Å². The molecule has 5 heteroatoms. The summed E-state index contributed by atoms with van der Waals surface area (Å²) in [7, 11) is 0. The van der Waals surface area contributed by atoms with Crippen molar-refractivity contribution in [2.45, 2.75) is 38.2 Å². The standard InChI is InChI=1S/C16H23FN2O2/c1-16(21,13-5-7-14(17)8-6-13)11-19-15(20)18-10-9-12-3-2-4-12/h5-8,12,21H,2-4,9-11H2,1H3,(H2,18,19,20). The fraction of sp³-hybridized carbons (Fsp3) is 0.562. The minimum Gasteiger partial charge on any atom is -0.384 e. The second-order valence-corrected chi connectivity index (χ2v) is 5.98. The molecule has 1 atom stereocenters. The number of benzene rings is 1. The van der Waals surface area contributed by atoms with E-state index in [-0.39, 0.29) is 18.4 Å². The molecule has 1 aliphatic rings. The third-order valence-corrected chi connectivity index (χ3v) is 4.12. The van der Waals surface area contributed by atoms with Gasteiger partial charge in [0.1, 0.15) is 11.4 Å². The van der Waals surface area contributed by atoms with Crippen LogP contribution in [0.5, 0.6) is 0 Å². The van der Waals surface area contributed by atoms with Gasteiger partial charge >= 0.3 is 6.03 Å². The predicted molar refractivity (Wildman–Crippen MR) is 79.3 cm³/mol. The Bertz CT molecular complexity index is 470. The van der Waals surface area contributed by atoms with Crippen LogP contribution < -0.4 is 10.6 Å². The van der Waals surface area contributed by atoms with Crippen molar-refractivity contribution in [3.8, 4) is 0 Å². The van der Waals surface area contributed by atoms with Crippen LogP contribution in [0.4, 0.5) is 9.18 Å². The van der Waals surface area contributed by atoms with Crippen LogP contribution in [0.15, 0.2) is 24.3 Å². The molecule has 116 valence electrons. The molecule has 0 radical (unpaired) electrons. The van der Waals surface area contributed by atoms with E-state index in [0.29, 0.717) is 12.1 Å². The summed E-state index contributed by atoms with van der Waals surface area (Å²) in [5.41, 5.74) is -0.655. The average Bonchev–Trinajstić information content (AvgIpc) is 2.40. The number of carbonyl (C=O) groups is 1. The van der Waals surface area contributed by atoms with E-state index in [1.165, 1.54) is 43.5 Å². The first-order valence-corrected chi connectivity index (χ1v) is 7.47. The summed E-state index contributed by atoms with van der Waals surface area (Å²) in [5, 5.41) is 15.8. The van der Waals surface area contributed by atoms with Gasteiger partial charge in [0.05, 0.1) is 6.54 Å². The van der Waals surface area contributed by atoms with E-state index < -0.39 is 5.60 Å². The largest absolute Gasteiger partial charge is 0.384 e. The maximum atomic E-state index is 12.9. The Balaban J connectivity index is 1.72. The van der Waals surface area contributed by atoms with Crippen molar-refractivity contribution in [3.63, 3.8) is 0 Å². The minimum atomic E-state index is -1.22. The number of carbonyl (C=O) groups excluding carboxylic acids is 1. The monoisotopic (exact) mass is 294 g/mol. The Morgan fingerprint density at radius 1 is 1.33 bits per heavy atom. The van der Waals surface area contributed by atoms with Crippen molar-refractivity contribution < 1.29 is 14.3 Å². The van der Waals surface area contributed by atoms with Gasteiger partial charge in [-0.1, -0.05) is 31.4 Å². The van der Waals surface area contributed by atoms with Gasteiger partial charge in [0.15, 0.2) is 0 Å². The zero-order chi connectivity index (χ0) is 15.3. The number of amides is 2. The molecule has 0 saturated heterocycles. The third kappa shape index (κ3) is 4.70. The number of hydrogen-bond donors (Lipinski definition) is 3. The number of urea groups is 1. The van der Waals surface area contributed by atoms with E-state index in [1.54, 1.807) is 6.92 Å². The van der Waals surface area contributed by atoms with Gasteiger partial charge in [-0.3, -0.25) is 0 Å². The molecule has 1 fully saturated rings. The highest BCUT2D eigenvalue weighted by atomic mass is 19.1. The summed E-state index contributed by atoms with van der Waals surface area (Å²) in [6.45, 7) is 2.33.